The van der Waals surface area contributed by atoms with Crippen LogP contribution in [-0.4, -0.2) is 12.5 Å². The van der Waals surface area contributed by atoms with Crippen molar-refractivity contribution in [3.05, 3.63) is 70.2 Å². The molecule has 2 rings (SSSR count). The Labute approximate surface area is 136 Å². The maximum atomic E-state index is 12.2. The molecule has 0 atom stereocenters. The smallest absolute Gasteiger partial charge is 0.251 e. The molecule has 0 radical (unpaired) electrons. The van der Waals surface area contributed by atoms with Gasteiger partial charge < -0.3 is 11.1 Å². The van der Waals surface area contributed by atoms with Crippen LogP contribution in [0.2, 0.25) is 5.02 Å². The van der Waals surface area contributed by atoms with Crippen LogP contribution in [-0.2, 0) is 12.0 Å². The van der Waals surface area contributed by atoms with Crippen molar-refractivity contribution in [1.29, 1.82) is 0 Å². The Hall–Kier alpha value is -1.84. The highest BCUT2D eigenvalue weighted by atomic mass is 35.5. The zero-order valence-corrected chi connectivity index (χ0v) is 13.7. The fraction of sp³-hybridized carbons (Fsp3) is 0.278. The first-order valence-electron chi connectivity index (χ1n) is 7.26. The van der Waals surface area contributed by atoms with E-state index in [0.29, 0.717) is 23.7 Å². The Balaban J connectivity index is 2.04. The van der Waals surface area contributed by atoms with E-state index in [1.165, 1.54) is 0 Å². The summed E-state index contributed by atoms with van der Waals surface area (Å²) in [5.74, 6) is -0.0938. The monoisotopic (exact) mass is 316 g/mol. The molecule has 2 aromatic carbocycles. The van der Waals surface area contributed by atoms with Gasteiger partial charge in [0.15, 0.2) is 0 Å². The minimum atomic E-state index is -0.245. The first-order valence-corrected chi connectivity index (χ1v) is 7.64. The van der Waals surface area contributed by atoms with Crippen molar-refractivity contribution in [2.75, 3.05) is 6.54 Å². The average Bonchev–Trinajstić information content (AvgIpc) is 2.53. The van der Waals surface area contributed by atoms with Gasteiger partial charge in [0.25, 0.3) is 5.91 Å². The standard InChI is InChI=1S/C18H21ClN2O/c1-18(2,15-5-3-4-6-16(15)19)12-21-17(22)14-9-7-13(11-20)8-10-14/h3-10H,11-12,20H2,1-2H3,(H,21,22). The predicted molar refractivity (Wildman–Crippen MR) is 91.1 cm³/mol. The fourth-order valence-corrected chi connectivity index (χ4v) is 2.69. The molecule has 2 aromatic rings. The molecule has 0 aliphatic heterocycles. The lowest BCUT2D eigenvalue weighted by molar-refractivity contribution is 0.0945. The van der Waals surface area contributed by atoms with Crippen LogP contribution < -0.4 is 11.1 Å². The highest BCUT2D eigenvalue weighted by molar-refractivity contribution is 6.31. The van der Waals surface area contributed by atoms with Crippen LogP contribution in [0.4, 0.5) is 0 Å². The summed E-state index contributed by atoms with van der Waals surface area (Å²) < 4.78 is 0. The number of nitrogens with two attached hydrogens (primary N) is 1. The summed E-state index contributed by atoms with van der Waals surface area (Å²) in [6.45, 7) is 5.10. The second kappa shape index (κ2) is 6.95. The Morgan fingerprint density at radius 2 is 1.77 bits per heavy atom. The van der Waals surface area contributed by atoms with Gasteiger partial charge in [-0.1, -0.05) is 55.8 Å². The van der Waals surface area contributed by atoms with Crippen molar-refractivity contribution in [1.82, 2.24) is 5.32 Å². The van der Waals surface area contributed by atoms with Gasteiger partial charge in [-0.05, 0) is 29.3 Å². The van der Waals surface area contributed by atoms with Crippen molar-refractivity contribution >= 4 is 17.5 Å². The lowest BCUT2D eigenvalue weighted by Gasteiger charge is -2.26. The summed E-state index contributed by atoms with van der Waals surface area (Å²) in [4.78, 5) is 12.2. The number of hydrogen-bond acceptors (Lipinski definition) is 2. The van der Waals surface area contributed by atoms with Gasteiger partial charge in [-0.25, -0.2) is 0 Å². The lowest BCUT2D eigenvalue weighted by Crippen LogP contribution is -2.36. The van der Waals surface area contributed by atoms with Gasteiger partial charge in [0, 0.05) is 29.1 Å². The lowest BCUT2D eigenvalue weighted by atomic mass is 9.84. The molecular formula is C18H21ClN2O. The number of carbonyl (C=O) groups excluding carboxylic acids is 1. The molecule has 4 heteroatoms. The third kappa shape index (κ3) is 3.87. The molecule has 22 heavy (non-hydrogen) atoms. The Morgan fingerprint density at radius 1 is 1.14 bits per heavy atom. The normalized spacial score (nSPS) is 11.3. The molecule has 0 fully saturated rings. The first-order chi connectivity index (χ1) is 10.4. The number of nitrogens with one attached hydrogen (secondary N) is 1. The number of amides is 1. The molecular weight excluding hydrogens is 296 g/mol. The van der Waals surface area contributed by atoms with E-state index in [0.717, 1.165) is 11.1 Å². The number of rotatable bonds is 5. The zero-order valence-electron chi connectivity index (χ0n) is 12.9. The summed E-state index contributed by atoms with van der Waals surface area (Å²) >= 11 is 6.25. The van der Waals surface area contributed by atoms with E-state index in [1.807, 2.05) is 36.4 Å². The molecule has 0 aliphatic carbocycles. The quantitative estimate of drug-likeness (QED) is 0.887. The van der Waals surface area contributed by atoms with Crippen LogP contribution in [0.15, 0.2) is 48.5 Å². The molecule has 0 spiro atoms. The van der Waals surface area contributed by atoms with Crippen molar-refractivity contribution < 1.29 is 4.79 Å². The van der Waals surface area contributed by atoms with Gasteiger partial charge in [-0.2, -0.15) is 0 Å². The molecule has 0 bridgehead atoms. The van der Waals surface area contributed by atoms with E-state index in [1.54, 1.807) is 12.1 Å². The number of benzene rings is 2. The second-order valence-corrected chi connectivity index (χ2v) is 6.35. The van der Waals surface area contributed by atoms with Crippen molar-refractivity contribution in [2.24, 2.45) is 5.73 Å². The Kier molecular flexibility index (Phi) is 5.22. The molecule has 0 heterocycles. The van der Waals surface area contributed by atoms with Gasteiger partial charge in [-0.15, -0.1) is 0 Å². The van der Waals surface area contributed by atoms with Crippen LogP contribution in [0, 0.1) is 0 Å². The second-order valence-electron chi connectivity index (χ2n) is 5.95. The summed E-state index contributed by atoms with van der Waals surface area (Å²) in [5.41, 5.74) is 7.97. The van der Waals surface area contributed by atoms with E-state index >= 15 is 0 Å². The molecule has 0 saturated heterocycles. The van der Waals surface area contributed by atoms with Crippen LogP contribution in [0.25, 0.3) is 0 Å². The van der Waals surface area contributed by atoms with Gasteiger partial charge in [0.2, 0.25) is 0 Å². The van der Waals surface area contributed by atoms with E-state index in [2.05, 4.69) is 19.2 Å². The Bertz CT molecular complexity index is 650. The highest BCUT2D eigenvalue weighted by Gasteiger charge is 2.23. The van der Waals surface area contributed by atoms with E-state index < -0.39 is 0 Å². The topological polar surface area (TPSA) is 55.1 Å². The third-order valence-electron chi connectivity index (χ3n) is 3.75. The molecule has 116 valence electrons. The minimum Gasteiger partial charge on any atom is -0.351 e. The van der Waals surface area contributed by atoms with Crippen LogP contribution in [0.3, 0.4) is 0 Å². The summed E-state index contributed by atoms with van der Waals surface area (Å²) in [7, 11) is 0. The summed E-state index contributed by atoms with van der Waals surface area (Å²) in [5, 5.41) is 3.69. The molecule has 0 aliphatic rings. The van der Waals surface area contributed by atoms with Crippen LogP contribution >= 0.6 is 11.6 Å². The molecule has 0 saturated carbocycles. The Morgan fingerprint density at radius 3 is 2.36 bits per heavy atom. The maximum absolute atomic E-state index is 12.2. The number of halogens is 1. The van der Waals surface area contributed by atoms with Crippen molar-refractivity contribution in [3.63, 3.8) is 0 Å². The largest absolute Gasteiger partial charge is 0.351 e. The molecule has 3 nitrogen and oxygen atoms in total. The van der Waals surface area contributed by atoms with E-state index in [4.69, 9.17) is 17.3 Å². The van der Waals surface area contributed by atoms with Gasteiger partial charge in [0.05, 0.1) is 0 Å². The average molecular weight is 317 g/mol. The van der Waals surface area contributed by atoms with Gasteiger partial charge >= 0.3 is 0 Å². The maximum Gasteiger partial charge on any atom is 0.251 e. The molecule has 3 N–H and O–H groups in total. The predicted octanol–water partition coefficient (Wildman–Crippen LogP) is 3.51. The number of hydrogen-bond donors (Lipinski definition) is 2. The summed E-state index contributed by atoms with van der Waals surface area (Å²) in [6.07, 6.45) is 0. The SMILES string of the molecule is CC(C)(CNC(=O)c1ccc(CN)cc1)c1ccccc1Cl. The van der Waals surface area contributed by atoms with Crippen LogP contribution in [0.5, 0.6) is 0 Å². The summed E-state index contributed by atoms with van der Waals surface area (Å²) in [6, 6.07) is 15.0. The fourth-order valence-electron chi connectivity index (χ4n) is 2.30. The molecule has 0 unspecified atom stereocenters. The van der Waals surface area contributed by atoms with Gasteiger partial charge in [0.1, 0.15) is 0 Å². The van der Waals surface area contributed by atoms with Gasteiger partial charge in [-0.3, -0.25) is 4.79 Å². The van der Waals surface area contributed by atoms with E-state index in [9.17, 15) is 4.79 Å². The van der Waals surface area contributed by atoms with Crippen LogP contribution in [0.1, 0.15) is 35.3 Å². The third-order valence-corrected chi connectivity index (χ3v) is 4.08. The van der Waals surface area contributed by atoms with Crippen molar-refractivity contribution in [3.8, 4) is 0 Å². The first kappa shape index (κ1) is 16.5. The highest BCUT2D eigenvalue weighted by Crippen LogP contribution is 2.29. The number of carbonyl (C=O) groups is 1. The molecule has 0 aromatic heterocycles. The minimum absolute atomic E-state index is 0.0938. The molecule has 1 amide bonds. The van der Waals surface area contributed by atoms with E-state index in [-0.39, 0.29) is 11.3 Å². The zero-order chi connectivity index (χ0) is 16.2. The van der Waals surface area contributed by atoms with Crippen molar-refractivity contribution in [2.45, 2.75) is 25.8 Å².